The topological polar surface area (TPSA) is 58.6 Å². The van der Waals surface area contributed by atoms with Crippen LogP contribution < -0.4 is 5.32 Å². The van der Waals surface area contributed by atoms with Crippen LogP contribution in [-0.2, 0) is 9.53 Å². The van der Waals surface area contributed by atoms with Crippen LogP contribution in [0.4, 0.5) is 0 Å². The van der Waals surface area contributed by atoms with Crippen LogP contribution >= 0.6 is 0 Å². The molecule has 0 aromatic rings. The van der Waals surface area contributed by atoms with Gasteiger partial charge in [-0.25, -0.2) is 0 Å². The molecule has 1 amide bonds. The molecule has 2 N–H and O–H groups in total. The maximum absolute atomic E-state index is 11.4. The lowest BCUT2D eigenvalue weighted by Gasteiger charge is -2.34. The number of nitrogens with one attached hydrogen (secondary N) is 1. The number of amides is 1. The molecular weight excluding hydrogens is 218 g/mol. The number of ether oxygens (including phenoxy) is 1. The Bertz CT molecular complexity index is 245. The minimum atomic E-state index is -0.708. The average molecular weight is 243 g/mol. The number of carbonyl (C=O) groups excluding carboxylic acids is 1. The lowest BCUT2D eigenvalue weighted by molar-refractivity contribution is -0.128. The van der Waals surface area contributed by atoms with Gasteiger partial charge in [-0.1, -0.05) is 6.92 Å². The summed E-state index contributed by atoms with van der Waals surface area (Å²) < 4.78 is 5.20. The van der Waals surface area contributed by atoms with Crippen LogP contribution in [0.5, 0.6) is 0 Å². The van der Waals surface area contributed by atoms with Crippen LogP contribution in [0.2, 0.25) is 0 Å². The Hall–Kier alpha value is -0.610. The normalized spacial score (nSPS) is 29.4. The second kappa shape index (κ2) is 6.36. The quantitative estimate of drug-likeness (QED) is 0.768. The van der Waals surface area contributed by atoms with Gasteiger partial charge in [0.2, 0.25) is 5.91 Å². The summed E-state index contributed by atoms with van der Waals surface area (Å²) >= 11 is 0. The Kier molecular flexibility index (Phi) is 5.40. The Morgan fingerprint density at radius 1 is 1.47 bits per heavy atom. The molecule has 0 saturated heterocycles. The standard InChI is InChI=1S/C13H25NO3/c1-10(2)17-8-12(15)14-9-13(16)6-4-11(3)5-7-13/h10-11,16H,4-9H2,1-3H3,(H,14,15). The van der Waals surface area contributed by atoms with Crippen molar-refractivity contribution in [2.45, 2.75) is 58.2 Å². The first-order valence-electron chi connectivity index (χ1n) is 6.52. The Morgan fingerprint density at radius 3 is 2.59 bits per heavy atom. The number of carbonyl (C=O) groups is 1. The van der Waals surface area contributed by atoms with E-state index in [1.165, 1.54) is 0 Å². The Balaban J connectivity index is 2.23. The molecule has 17 heavy (non-hydrogen) atoms. The van der Waals surface area contributed by atoms with Gasteiger partial charge in [0.05, 0.1) is 11.7 Å². The maximum Gasteiger partial charge on any atom is 0.246 e. The molecule has 1 aliphatic rings. The zero-order chi connectivity index (χ0) is 12.9. The molecular formula is C13H25NO3. The van der Waals surface area contributed by atoms with Crippen molar-refractivity contribution in [2.24, 2.45) is 5.92 Å². The van der Waals surface area contributed by atoms with Gasteiger partial charge in [0, 0.05) is 6.54 Å². The molecule has 0 radical (unpaired) electrons. The zero-order valence-corrected chi connectivity index (χ0v) is 11.2. The summed E-state index contributed by atoms with van der Waals surface area (Å²) in [5.41, 5.74) is -0.708. The third-order valence-corrected chi connectivity index (χ3v) is 3.37. The second-order valence-corrected chi connectivity index (χ2v) is 5.54. The molecule has 0 bridgehead atoms. The maximum atomic E-state index is 11.4. The smallest absolute Gasteiger partial charge is 0.246 e. The highest BCUT2D eigenvalue weighted by Gasteiger charge is 2.31. The van der Waals surface area contributed by atoms with Gasteiger partial charge >= 0.3 is 0 Å². The molecule has 1 aliphatic carbocycles. The van der Waals surface area contributed by atoms with Gasteiger partial charge < -0.3 is 15.2 Å². The highest BCUT2D eigenvalue weighted by atomic mass is 16.5. The van der Waals surface area contributed by atoms with Crippen molar-refractivity contribution in [1.82, 2.24) is 5.32 Å². The molecule has 0 heterocycles. The van der Waals surface area contributed by atoms with Crippen molar-refractivity contribution in [3.8, 4) is 0 Å². The summed E-state index contributed by atoms with van der Waals surface area (Å²) in [5.74, 6) is 0.543. The molecule has 4 heteroatoms. The first-order valence-corrected chi connectivity index (χ1v) is 6.52. The van der Waals surface area contributed by atoms with Crippen molar-refractivity contribution in [1.29, 1.82) is 0 Å². The van der Waals surface area contributed by atoms with Gasteiger partial charge in [-0.05, 0) is 45.4 Å². The van der Waals surface area contributed by atoms with Gasteiger partial charge in [-0.3, -0.25) is 4.79 Å². The van der Waals surface area contributed by atoms with Crippen LogP contribution in [-0.4, -0.2) is 35.9 Å². The van der Waals surface area contributed by atoms with E-state index in [0.29, 0.717) is 12.5 Å². The van der Waals surface area contributed by atoms with E-state index in [2.05, 4.69) is 12.2 Å². The molecule has 1 fully saturated rings. The fourth-order valence-electron chi connectivity index (χ4n) is 2.03. The zero-order valence-electron chi connectivity index (χ0n) is 11.2. The van der Waals surface area contributed by atoms with Crippen molar-refractivity contribution >= 4 is 5.91 Å². The van der Waals surface area contributed by atoms with Gasteiger partial charge in [0.1, 0.15) is 6.61 Å². The van der Waals surface area contributed by atoms with Gasteiger partial charge in [-0.15, -0.1) is 0 Å². The minimum Gasteiger partial charge on any atom is -0.388 e. The fraction of sp³-hybridized carbons (Fsp3) is 0.923. The fourth-order valence-corrected chi connectivity index (χ4v) is 2.03. The lowest BCUT2D eigenvalue weighted by atomic mass is 9.79. The summed E-state index contributed by atoms with van der Waals surface area (Å²) in [6, 6.07) is 0. The van der Waals surface area contributed by atoms with Crippen molar-refractivity contribution in [3.63, 3.8) is 0 Å². The van der Waals surface area contributed by atoms with E-state index in [4.69, 9.17) is 4.74 Å². The summed E-state index contributed by atoms with van der Waals surface area (Å²) in [6.07, 6.45) is 3.68. The van der Waals surface area contributed by atoms with E-state index >= 15 is 0 Å². The van der Waals surface area contributed by atoms with E-state index in [1.54, 1.807) is 0 Å². The molecule has 1 rings (SSSR count). The SMILES string of the molecule is CC1CCC(O)(CNC(=O)COC(C)C)CC1. The summed E-state index contributed by atoms with van der Waals surface area (Å²) in [4.78, 5) is 11.4. The predicted molar refractivity (Wildman–Crippen MR) is 66.7 cm³/mol. The molecule has 0 atom stereocenters. The molecule has 0 aliphatic heterocycles. The molecule has 0 aromatic heterocycles. The number of aliphatic hydroxyl groups is 1. The second-order valence-electron chi connectivity index (χ2n) is 5.54. The number of hydrogen-bond donors (Lipinski definition) is 2. The molecule has 0 aromatic carbocycles. The first kappa shape index (κ1) is 14.5. The highest BCUT2D eigenvalue weighted by molar-refractivity contribution is 5.77. The molecule has 1 saturated carbocycles. The van der Waals surface area contributed by atoms with Gasteiger partial charge in [0.15, 0.2) is 0 Å². The highest BCUT2D eigenvalue weighted by Crippen LogP contribution is 2.31. The van der Waals surface area contributed by atoms with E-state index in [-0.39, 0.29) is 18.6 Å². The predicted octanol–water partition coefficient (Wildman–Crippen LogP) is 1.47. The van der Waals surface area contributed by atoms with Gasteiger partial charge in [-0.2, -0.15) is 0 Å². The van der Waals surface area contributed by atoms with Crippen LogP contribution in [0.25, 0.3) is 0 Å². The summed E-state index contributed by atoms with van der Waals surface area (Å²) in [6.45, 7) is 6.41. The van der Waals surface area contributed by atoms with Crippen molar-refractivity contribution < 1.29 is 14.6 Å². The third kappa shape index (κ3) is 5.50. The van der Waals surface area contributed by atoms with E-state index in [1.807, 2.05) is 13.8 Å². The van der Waals surface area contributed by atoms with Crippen LogP contribution in [0.1, 0.15) is 46.5 Å². The molecule has 0 unspecified atom stereocenters. The lowest BCUT2D eigenvalue weighted by Crippen LogP contribution is -2.46. The van der Waals surface area contributed by atoms with Crippen molar-refractivity contribution in [3.05, 3.63) is 0 Å². The Morgan fingerprint density at radius 2 is 2.06 bits per heavy atom. The van der Waals surface area contributed by atoms with Gasteiger partial charge in [0.25, 0.3) is 0 Å². The number of hydrogen-bond acceptors (Lipinski definition) is 3. The summed E-state index contributed by atoms with van der Waals surface area (Å²) in [5, 5.41) is 13.0. The third-order valence-electron chi connectivity index (χ3n) is 3.37. The molecule has 0 spiro atoms. The van der Waals surface area contributed by atoms with Crippen LogP contribution in [0.3, 0.4) is 0 Å². The number of rotatable bonds is 5. The molecule has 4 nitrogen and oxygen atoms in total. The minimum absolute atomic E-state index is 0.0550. The van der Waals surface area contributed by atoms with E-state index in [9.17, 15) is 9.90 Å². The first-order chi connectivity index (χ1) is 7.91. The van der Waals surface area contributed by atoms with E-state index in [0.717, 1.165) is 25.7 Å². The van der Waals surface area contributed by atoms with Crippen LogP contribution in [0.15, 0.2) is 0 Å². The van der Waals surface area contributed by atoms with Crippen molar-refractivity contribution in [2.75, 3.05) is 13.2 Å². The average Bonchev–Trinajstić information content (AvgIpc) is 2.28. The summed E-state index contributed by atoms with van der Waals surface area (Å²) in [7, 11) is 0. The Labute approximate surface area is 104 Å². The largest absolute Gasteiger partial charge is 0.388 e. The van der Waals surface area contributed by atoms with Crippen LogP contribution in [0, 0.1) is 5.92 Å². The monoisotopic (exact) mass is 243 g/mol. The van der Waals surface area contributed by atoms with E-state index < -0.39 is 5.60 Å². The molecule has 100 valence electrons.